The van der Waals surface area contributed by atoms with Crippen molar-refractivity contribution in [2.75, 3.05) is 6.61 Å². The number of para-hydroxylation sites is 2. The zero-order valence-corrected chi connectivity index (χ0v) is 18.1. The lowest BCUT2D eigenvalue weighted by molar-refractivity contribution is 0.201. The minimum Gasteiger partial charge on any atom is -0.418 e. The highest BCUT2D eigenvalue weighted by atomic mass is 31.2. The topological polar surface area (TPSA) is 88.4 Å². The van der Waals surface area contributed by atoms with Gasteiger partial charge in [-0.1, -0.05) is 69.5 Å². The Labute approximate surface area is 170 Å². The molecule has 1 atom stereocenters. The van der Waals surface area contributed by atoms with Gasteiger partial charge in [-0.05, 0) is 36.6 Å². The highest BCUT2D eigenvalue weighted by molar-refractivity contribution is 7.41. The molecule has 156 valence electrons. The van der Waals surface area contributed by atoms with E-state index in [0.29, 0.717) is 24.0 Å². The molecule has 0 saturated carbocycles. The number of rotatable bonds is 11. The molecule has 2 aromatic carbocycles. The second kappa shape index (κ2) is 15.6. The maximum Gasteiger partial charge on any atom is 0.460 e. The highest BCUT2D eigenvalue weighted by Crippen LogP contribution is 2.35. The third-order valence-electron chi connectivity index (χ3n) is 3.82. The first-order valence-electron chi connectivity index (χ1n) is 9.30. The van der Waals surface area contributed by atoms with E-state index in [0.717, 1.165) is 12.8 Å². The maximum absolute atomic E-state index is 9.58. The Morgan fingerprint density at radius 2 is 1.32 bits per heavy atom. The Balaban J connectivity index is 0.000000295. The van der Waals surface area contributed by atoms with Gasteiger partial charge in [0.25, 0.3) is 0 Å². The summed E-state index contributed by atoms with van der Waals surface area (Å²) in [6, 6.07) is 18.2. The maximum atomic E-state index is 9.58. The summed E-state index contributed by atoms with van der Waals surface area (Å²) in [5.41, 5.74) is 0. The predicted octanol–water partition coefficient (Wildman–Crippen LogP) is 5.79. The first-order chi connectivity index (χ1) is 13.5. The van der Waals surface area contributed by atoms with Gasteiger partial charge in [-0.25, -0.2) is 0 Å². The van der Waals surface area contributed by atoms with Crippen molar-refractivity contribution >= 4 is 17.2 Å². The summed E-state index contributed by atoms with van der Waals surface area (Å²) >= 11 is 0. The average Bonchev–Trinajstić information content (AvgIpc) is 2.70. The lowest BCUT2D eigenvalue weighted by Crippen LogP contribution is -2.06. The second-order valence-electron chi connectivity index (χ2n) is 6.01. The zero-order chi connectivity index (χ0) is 20.6. The van der Waals surface area contributed by atoms with Crippen LogP contribution in [-0.4, -0.2) is 21.3 Å². The molecular weight excluding hydrogens is 398 g/mol. The third-order valence-corrected chi connectivity index (χ3v) is 4.94. The minimum atomic E-state index is -2.15. The first kappa shape index (κ1) is 24.8. The molecule has 2 aromatic rings. The summed E-state index contributed by atoms with van der Waals surface area (Å²) in [7, 11) is -4.09. The summed E-state index contributed by atoms with van der Waals surface area (Å²) in [6.45, 7) is 4.73. The van der Waals surface area contributed by atoms with E-state index in [2.05, 4.69) is 13.8 Å². The van der Waals surface area contributed by atoms with Gasteiger partial charge >= 0.3 is 17.2 Å². The molecule has 0 fully saturated rings. The lowest BCUT2D eigenvalue weighted by atomic mass is 10.0. The molecule has 0 aliphatic rings. The monoisotopic (exact) mass is 428 g/mol. The molecule has 0 saturated heterocycles. The van der Waals surface area contributed by atoms with E-state index < -0.39 is 17.2 Å². The van der Waals surface area contributed by atoms with E-state index in [1.54, 1.807) is 24.3 Å². The van der Waals surface area contributed by atoms with E-state index in [-0.39, 0.29) is 0 Å². The number of unbranched alkanes of at least 4 members (excludes halogenated alkanes) is 1. The normalized spacial score (nSPS) is 11.7. The van der Waals surface area contributed by atoms with Crippen LogP contribution in [0.4, 0.5) is 0 Å². The molecule has 0 aliphatic heterocycles. The quantitative estimate of drug-likeness (QED) is 0.393. The van der Waals surface area contributed by atoms with Gasteiger partial charge in [0, 0.05) is 0 Å². The third kappa shape index (κ3) is 12.2. The summed E-state index contributed by atoms with van der Waals surface area (Å²) in [6.07, 6.45) is 4.54. The number of hydrogen-bond acceptors (Lipinski definition) is 6. The van der Waals surface area contributed by atoms with Crippen LogP contribution >= 0.6 is 17.2 Å². The lowest BCUT2D eigenvalue weighted by Gasteiger charge is -2.14. The molecule has 0 amide bonds. The smallest absolute Gasteiger partial charge is 0.418 e. The fraction of sp³-hybridized carbons (Fsp3) is 0.400. The van der Waals surface area contributed by atoms with Crippen LogP contribution in [0.25, 0.3) is 0 Å². The van der Waals surface area contributed by atoms with E-state index >= 15 is 0 Å². The van der Waals surface area contributed by atoms with Gasteiger partial charge in [0.05, 0.1) is 6.61 Å². The van der Waals surface area contributed by atoms with E-state index in [1.165, 1.54) is 12.8 Å². The van der Waals surface area contributed by atoms with Gasteiger partial charge in [-0.3, -0.25) is 0 Å². The SMILES string of the molecule is CCCCC(CC)COP(O)O.OP(Oc1ccccc1)Oc1ccccc1. The predicted molar refractivity (Wildman–Crippen MR) is 114 cm³/mol. The summed E-state index contributed by atoms with van der Waals surface area (Å²) in [5, 5.41) is 0. The molecule has 0 aliphatic carbocycles. The molecule has 1 unspecified atom stereocenters. The fourth-order valence-corrected chi connectivity index (χ4v) is 3.22. The van der Waals surface area contributed by atoms with Crippen LogP contribution in [-0.2, 0) is 4.52 Å². The van der Waals surface area contributed by atoms with Crippen molar-refractivity contribution in [2.45, 2.75) is 39.5 Å². The van der Waals surface area contributed by atoms with Crippen molar-refractivity contribution in [3.63, 3.8) is 0 Å². The van der Waals surface area contributed by atoms with Crippen molar-refractivity contribution in [3.05, 3.63) is 60.7 Å². The summed E-state index contributed by atoms with van der Waals surface area (Å²) in [5.74, 6) is 1.66. The van der Waals surface area contributed by atoms with E-state index in [9.17, 15) is 4.89 Å². The molecule has 0 bridgehead atoms. The van der Waals surface area contributed by atoms with Gasteiger partial charge < -0.3 is 28.3 Å². The van der Waals surface area contributed by atoms with Crippen molar-refractivity contribution in [3.8, 4) is 11.5 Å². The molecule has 2 rings (SSSR count). The molecular formula is C20H30O6P2. The molecule has 0 radical (unpaired) electrons. The Morgan fingerprint density at radius 3 is 1.71 bits per heavy atom. The van der Waals surface area contributed by atoms with Gasteiger partial charge in [0.1, 0.15) is 11.5 Å². The number of benzene rings is 2. The Hall–Kier alpha value is -1.26. The minimum absolute atomic E-state index is 0.481. The Bertz CT molecular complexity index is 559. The van der Waals surface area contributed by atoms with Crippen LogP contribution in [0.2, 0.25) is 0 Å². The molecule has 0 heterocycles. The molecule has 0 spiro atoms. The van der Waals surface area contributed by atoms with Crippen molar-refractivity contribution < 1.29 is 28.3 Å². The van der Waals surface area contributed by atoms with Gasteiger partial charge in [-0.15, -0.1) is 0 Å². The van der Waals surface area contributed by atoms with Crippen LogP contribution in [0.3, 0.4) is 0 Å². The highest BCUT2D eigenvalue weighted by Gasteiger charge is 2.10. The van der Waals surface area contributed by atoms with Crippen LogP contribution in [0, 0.1) is 5.92 Å². The zero-order valence-electron chi connectivity index (χ0n) is 16.3. The summed E-state index contributed by atoms with van der Waals surface area (Å²) < 4.78 is 15.2. The van der Waals surface area contributed by atoms with Gasteiger partial charge in [0.2, 0.25) is 0 Å². The summed E-state index contributed by atoms with van der Waals surface area (Å²) in [4.78, 5) is 26.6. The average molecular weight is 428 g/mol. The molecule has 28 heavy (non-hydrogen) atoms. The van der Waals surface area contributed by atoms with E-state index in [1.807, 2.05) is 36.4 Å². The van der Waals surface area contributed by atoms with Crippen molar-refractivity contribution in [2.24, 2.45) is 5.92 Å². The van der Waals surface area contributed by atoms with Crippen LogP contribution in [0.15, 0.2) is 60.7 Å². The standard InChI is InChI=1S/C12H11O3P.C8H19O3P/c13-16(14-11-7-3-1-4-8-11)15-12-9-5-2-6-10-12;1-3-5-6-8(4-2)7-11-12(9)10/h1-10,13H;8-10H,3-7H2,1-2H3. The second-order valence-corrected chi connectivity index (χ2v) is 7.62. The van der Waals surface area contributed by atoms with Gasteiger partial charge in [-0.2, -0.15) is 0 Å². The first-order valence-corrected chi connectivity index (χ1v) is 11.6. The van der Waals surface area contributed by atoms with Crippen LogP contribution < -0.4 is 9.05 Å². The number of hydrogen-bond donors (Lipinski definition) is 3. The van der Waals surface area contributed by atoms with Crippen molar-refractivity contribution in [1.29, 1.82) is 0 Å². The Morgan fingerprint density at radius 1 is 0.821 bits per heavy atom. The molecule has 8 heteroatoms. The van der Waals surface area contributed by atoms with Crippen molar-refractivity contribution in [1.82, 2.24) is 0 Å². The molecule has 3 N–H and O–H groups in total. The fourth-order valence-electron chi connectivity index (χ4n) is 2.23. The molecule has 0 aromatic heterocycles. The largest absolute Gasteiger partial charge is 0.460 e. The van der Waals surface area contributed by atoms with Gasteiger partial charge in [0.15, 0.2) is 0 Å². The van der Waals surface area contributed by atoms with Crippen LogP contribution in [0.1, 0.15) is 39.5 Å². The Kier molecular flexibility index (Phi) is 13.8. The van der Waals surface area contributed by atoms with E-state index in [4.69, 9.17) is 23.4 Å². The van der Waals surface area contributed by atoms with Crippen LogP contribution in [0.5, 0.6) is 11.5 Å². The molecule has 6 nitrogen and oxygen atoms in total.